The predicted molar refractivity (Wildman–Crippen MR) is 76.1 cm³/mol. The largest absolute Gasteiger partial charge is 0.315 e. The summed E-state index contributed by atoms with van der Waals surface area (Å²) in [5, 5.41) is 3.42. The Morgan fingerprint density at radius 2 is 2.33 bits per heavy atom. The molecule has 1 unspecified atom stereocenters. The van der Waals surface area contributed by atoms with Gasteiger partial charge in [-0.25, -0.2) is 4.39 Å². The Balaban J connectivity index is 2.06. The fourth-order valence-corrected chi connectivity index (χ4v) is 2.94. The molecule has 0 bridgehead atoms. The lowest BCUT2D eigenvalue weighted by molar-refractivity contribution is 0.164. The molecule has 0 amide bonds. The van der Waals surface area contributed by atoms with Crippen molar-refractivity contribution in [2.75, 3.05) is 19.6 Å². The van der Waals surface area contributed by atoms with Crippen molar-refractivity contribution in [3.63, 3.8) is 0 Å². The molecule has 0 spiro atoms. The molecule has 0 radical (unpaired) electrons. The van der Waals surface area contributed by atoms with Crippen LogP contribution < -0.4 is 5.32 Å². The third-order valence-electron chi connectivity index (χ3n) is 3.57. The average molecular weight is 315 g/mol. The molecule has 1 heterocycles. The van der Waals surface area contributed by atoms with Crippen LogP contribution in [0.4, 0.5) is 4.39 Å². The maximum Gasteiger partial charge on any atom is 0.127 e. The van der Waals surface area contributed by atoms with Gasteiger partial charge in [0, 0.05) is 29.2 Å². The first kappa shape index (κ1) is 14.0. The van der Waals surface area contributed by atoms with Gasteiger partial charge in [-0.15, -0.1) is 0 Å². The normalized spacial score (nSPS) is 20.3. The Kier molecular flexibility index (Phi) is 5.15. The first-order valence-corrected chi connectivity index (χ1v) is 7.38. The number of rotatable bonds is 4. The molecule has 0 saturated carbocycles. The van der Waals surface area contributed by atoms with E-state index in [4.69, 9.17) is 0 Å². The van der Waals surface area contributed by atoms with E-state index in [1.54, 1.807) is 6.07 Å². The molecule has 2 rings (SSSR count). The second-order valence-electron chi connectivity index (χ2n) is 4.80. The lowest BCUT2D eigenvalue weighted by Crippen LogP contribution is -2.45. The van der Waals surface area contributed by atoms with E-state index >= 15 is 0 Å². The van der Waals surface area contributed by atoms with E-state index < -0.39 is 0 Å². The van der Waals surface area contributed by atoms with Crippen LogP contribution in [0.15, 0.2) is 22.7 Å². The minimum Gasteiger partial charge on any atom is -0.315 e. The molecule has 0 aliphatic carbocycles. The van der Waals surface area contributed by atoms with Crippen molar-refractivity contribution in [2.45, 2.75) is 32.4 Å². The first-order valence-electron chi connectivity index (χ1n) is 6.59. The van der Waals surface area contributed by atoms with Crippen LogP contribution >= 0.6 is 15.9 Å². The highest BCUT2D eigenvalue weighted by Gasteiger charge is 2.20. The molecule has 4 heteroatoms. The minimum atomic E-state index is -0.111. The number of piperidine rings is 1. The molecule has 1 aliphatic rings. The molecule has 1 fully saturated rings. The summed E-state index contributed by atoms with van der Waals surface area (Å²) < 4.78 is 14.7. The summed E-state index contributed by atoms with van der Waals surface area (Å²) >= 11 is 3.41. The average Bonchev–Trinajstić information content (AvgIpc) is 2.41. The standard InChI is InChI=1S/C14H20BrFN2/c1-2-18(13-4-3-7-17-9-13)10-11-8-12(15)5-6-14(11)16/h5-6,8,13,17H,2-4,7,9-10H2,1H3. The van der Waals surface area contributed by atoms with Gasteiger partial charge in [0.1, 0.15) is 5.82 Å². The molecule has 1 aliphatic heterocycles. The third kappa shape index (κ3) is 3.53. The van der Waals surface area contributed by atoms with Crippen molar-refractivity contribution >= 4 is 15.9 Å². The van der Waals surface area contributed by atoms with Crippen LogP contribution in [-0.2, 0) is 6.54 Å². The van der Waals surface area contributed by atoms with E-state index in [1.807, 2.05) is 6.07 Å². The topological polar surface area (TPSA) is 15.3 Å². The number of hydrogen-bond donors (Lipinski definition) is 1. The van der Waals surface area contributed by atoms with Crippen LogP contribution in [0.1, 0.15) is 25.3 Å². The second-order valence-corrected chi connectivity index (χ2v) is 5.71. The number of nitrogens with zero attached hydrogens (tertiary/aromatic N) is 1. The summed E-state index contributed by atoms with van der Waals surface area (Å²) in [7, 11) is 0. The van der Waals surface area contributed by atoms with Crippen molar-refractivity contribution in [3.8, 4) is 0 Å². The molecular formula is C14H20BrFN2. The van der Waals surface area contributed by atoms with Crippen LogP contribution in [0.2, 0.25) is 0 Å². The summed E-state index contributed by atoms with van der Waals surface area (Å²) in [5.74, 6) is -0.111. The number of hydrogen-bond acceptors (Lipinski definition) is 2. The fraction of sp³-hybridized carbons (Fsp3) is 0.571. The second kappa shape index (κ2) is 6.64. The van der Waals surface area contributed by atoms with Gasteiger partial charge in [-0.3, -0.25) is 4.90 Å². The van der Waals surface area contributed by atoms with Gasteiger partial charge in [0.15, 0.2) is 0 Å². The van der Waals surface area contributed by atoms with E-state index in [1.165, 1.54) is 18.9 Å². The highest BCUT2D eigenvalue weighted by molar-refractivity contribution is 9.10. The van der Waals surface area contributed by atoms with Crippen LogP contribution in [0.5, 0.6) is 0 Å². The molecule has 0 aromatic heterocycles. The molecule has 1 saturated heterocycles. The maximum absolute atomic E-state index is 13.8. The van der Waals surface area contributed by atoms with E-state index in [-0.39, 0.29) is 5.82 Å². The van der Waals surface area contributed by atoms with Gasteiger partial charge in [-0.1, -0.05) is 22.9 Å². The number of halogens is 2. The SMILES string of the molecule is CCN(Cc1cc(Br)ccc1F)C1CCCNC1. The highest BCUT2D eigenvalue weighted by Crippen LogP contribution is 2.19. The van der Waals surface area contributed by atoms with E-state index in [0.29, 0.717) is 12.6 Å². The Labute approximate surface area is 117 Å². The maximum atomic E-state index is 13.8. The zero-order valence-electron chi connectivity index (χ0n) is 10.8. The number of benzene rings is 1. The Morgan fingerprint density at radius 3 is 3.00 bits per heavy atom. The summed E-state index contributed by atoms with van der Waals surface area (Å²) in [5.41, 5.74) is 0.775. The zero-order valence-corrected chi connectivity index (χ0v) is 12.3. The predicted octanol–water partition coefficient (Wildman–Crippen LogP) is 3.16. The molecule has 100 valence electrons. The summed E-state index contributed by atoms with van der Waals surface area (Å²) in [6.45, 7) is 5.92. The Morgan fingerprint density at radius 1 is 1.50 bits per heavy atom. The van der Waals surface area contributed by atoms with E-state index in [2.05, 4.69) is 33.1 Å². The zero-order chi connectivity index (χ0) is 13.0. The van der Waals surface area contributed by atoms with Crippen molar-refractivity contribution in [1.29, 1.82) is 0 Å². The summed E-state index contributed by atoms with van der Waals surface area (Å²) in [6, 6.07) is 5.69. The van der Waals surface area contributed by atoms with Gasteiger partial charge >= 0.3 is 0 Å². The lowest BCUT2D eigenvalue weighted by atomic mass is 10.0. The Bertz CT molecular complexity index is 391. The van der Waals surface area contributed by atoms with Gasteiger partial charge in [0.2, 0.25) is 0 Å². The van der Waals surface area contributed by atoms with Crippen LogP contribution in [-0.4, -0.2) is 30.6 Å². The molecule has 2 nitrogen and oxygen atoms in total. The van der Waals surface area contributed by atoms with Crippen molar-refractivity contribution in [2.24, 2.45) is 0 Å². The van der Waals surface area contributed by atoms with Gasteiger partial charge < -0.3 is 5.32 Å². The van der Waals surface area contributed by atoms with Gasteiger partial charge in [0.25, 0.3) is 0 Å². The molecule has 1 aromatic carbocycles. The van der Waals surface area contributed by atoms with Crippen molar-refractivity contribution < 1.29 is 4.39 Å². The summed E-state index contributed by atoms with van der Waals surface area (Å²) in [6.07, 6.45) is 2.42. The van der Waals surface area contributed by atoms with Gasteiger partial charge in [0.05, 0.1) is 0 Å². The number of likely N-dealkylation sites (N-methyl/N-ethyl adjacent to an activating group) is 1. The van der Waals surface area contributed by atoms with Crippen LogP contribution in [0, 0.1) is 5.82 Å². The molecule has 18 heavy (non-hydrogen) atoms. The molecular weight excluding hydrogens is 295 g/mol. The lowest BCUT2D eigenvalue weighted by Gasteiger charge is -2.34. The van der Waals surface area contributed by atoms with Crippen LogP contribution in [0.3, 0.4) is 0 Å². The summed E-state index contributed by atoms with van der Waals surface area (Å²) in [4.78, 5) is 2.36. The van der Waals surface area contributed by atoms with E-state index in [0.717, 1.165) is 29.7 Å². The Hall–Kier alpha value is -0.450. The van der Waals surface area contributed by atoms with E-state index in [9.17, 15) is 4.39 Å². The monoisotopic (exact) mass is 314 g/mol. The molecule has 1 atom stereocenters. The highest BCUT2D eigenvalue weighted by atomic mass is 79.9. The molecule has 1 N–H and O–H groups in total. The fourth-order valence-electron chi connectivity index (χ4n) is 2.53. The van der Waals surface area contributed by atoms with Crippen LogP contribution in [0.25, 0.3) is 0 Å². The van der Waals surface area contributed by atoms with Crippen molar-refractivity contribution in [3.05, 3.63) is 34.1 Å². The minimum absolute atomic E-state index is 0.111. The van der Waals surface area contributed by atoms with Crippen molar-refractivity contribution in [1.82, 2.24) is 10.2 Å². The third-order valence-corrected chi connectivity index (χ3v) is 4.07. The quantitative estimate of drug-likeness (QED) is 0.918. The first-order chi connectivity index (χ1) is 8.70. The number of nitrogens with one attached hydrogen (secondary N) is 1. The smallest absolute Gasteiger partial charge is 0.127 e. The van der Waals surface area contributed by atoms with Gasteiger partial charge in [-0.05, 0) is 44.1 Å². The van der Waals surface area contributed by atoms with Gasteiger partial charge in [-0.2, -0.15) is 0 Å². The molecule has 1 aromatic rings.